The average molecular weight is 887 g/mol. The molecule has 4 aliphatic carbocycles. The van der Waals surface area contributed by atoms with Crippen molar-refractivity contribution < 1.29 is 43.3 Å². The van der Waals surface area contributed by atoms with Crippen molar-refractivity contribution in [2.75, 3.05) is 46.5 Å². The van der Waals surface area contributed by atoms with Gasteiger partial charge in [-0.2, -0.15) is 0 Å². The molecule has 10 atom stereocenters. The molecular formula is C54H96NO8+. The molecule has 1 unspecified atom stereocenters. The van der Waals surface area contributed by atoms with Crippen LogP contribution in [0, 0.1) is 46.3 Å². The standard InChI is InChI=1S/C54H96NO8/c1-8-9-10-11-12-13-14-15-16-17-18-23-51(59)63-45(39-55(7,35-37-57)34-20-36-56)40-61-50(58)28-29-52(60)62-44-30-32-53(5)43(38-44)24-25-46-48-27-26-47(42(4)22-19-21-41(2)3)54(48,6)33-31-49(46)53/h24,41-42,44-49,56-57H,8-23,25-40H2,1-7H3/q+1/t42-,44+,45+,46+,47-,48+,49+,53+,54-,55?/m1/s1. The van der Waals surface area contributed by atoms with Gasteiger partial charge in [-0.05, 0) is 97.7 Å². The molecule has 0 aromatic rings. The van der Waals surface area contributed by atoms with Gasteiger partial charge in [0, 0.05) is 25.9 Å². The first-order valence-electron chi connectivity index (χ1n) is 26.5. The number of ether oxygens (including phenoxy) is 3. The Hall–Kier alpha value is -1.97. The zero-order valence-corrected chi connectivity index (χ0v) is 41.6. The maximum atomic E-state index is 13.2. The third-order valence-electron chi connectivity index (χ3n) is 16.9. The highest BCUT2D eigenvalue weighted by Gasteiger charge is 2.59. The van der Waals surface area contributed by atoms with E-state index >= 15 is 0 Å². The van der Waals surface area contributed by atoms with Gasteiger partial charge in [0.1, 0.15) is 25.8 Å². The smallest absolute Gasteiger partial charge is 0.306 e. The molecule has 0 aromatic heterocycles. The molecule has 0 radical (unpaired) electrons. The Labute approximate surface area is 385 Å². The predicted octanol–water partition coefficient (Wildman–Crippen LogP) is 11.7. The first kappa shape index (κ1) is 53.6. The van der Waals surface area contributed by atoms with Crippen molar-refractivity contribution in [1.29, 1.82) is 0 Å². The first-order chi connectivity index (χ1) is 30.2. The summed E-state index contributed by atoms with van der Waals surface area (Å²) in [7, 11) is 1.95. The van der Waals surface area contributed by atoms with E-state index in [1.165, 1.54) is 102 Å². The van der Waals surface area contributed by atoms with Crippen molar-refractivity contribution >= 4 is 17.9 Å². The molecule has 2 N–H and O–H groups in total. The summed E-state index contributed by atoms with van der Waals surface area (Å²) in [5.41, 5.74) is 2.13. The van der Waals surface area contributed by atoms with E-state index in [0.717, 1.165) is 74.5 Å². The van der Waals surface area contributed by atoms with E-state index in [2.05, 4.69) is 47.6 Å². The van der Waals surface area contributed by atoms with Crippen molar-refractivity contribution in [2.24, 2.45) is 46.3 Å². The second-order valence-electron chi connectivity index (χ2n) is 22.3. The number of hydrogen-bond acceptors (Lipinski definition) is 8. The number of nitrogens with zero attached hydrogens (tertiary/aromatic N) is 1. The van der Waals surface area contributed by atoms with Gasteiger partial charge >= 0.3 is 17.9 Å². The number of aliphatic hydroxyl groups is 2. The van der Waals surface area contributed by atoms with E-state index in [1.807, 2.05) is 7.05 Å². The number of likely N-dealkylation sites (N-methyl/N-ethyl adjacent to an activating group) is 1. The number of rotatable bonds is 31. The van der Waals surface area contributed by atoms with Crippen molar-refractivity contribution in [2.45, 2.75) is 221 Å². The molecule has 9 nitrogen and oxygen atoms in total. The van der Waals surface area contributed by atoms with Crippen LogP contribution in [0.5, 0.6) is 0 Å². The zero-order valence-electron chi connectivity index (χ0n) is 41.6. The zero-order chi connectivity index (χ0) is 45.9. The normalized spacial score (nSPS) is 28.5. The fourth-order valence-corrected chi connectivity index (χ4v) is 13.2. The van der Waals surface area contributed by atoms with Crippen LogP contribution in [0.25, 0.3) is 0 Å². The largest absolute Gasteiger partial charge is 0.462 e. The minimum absolute atomic E-state index is 0.0190. The summed E-state index contributed by atoms with van der Waals surface area (Å²) < 4.78 is 18.0. The molecular weight excluding hydrogens is 791 g/mol. The van der Waals surface area contributed by atoms with E-state index in [1.54, 1.807) is 0 Å². The van der Waals surface area contributed by atoms with Crippen molar-refractivity contribution in [1.82, 2.24) is 0 Å². The molecule has 0 aromatic carbocycles. The minimum atomic E-state index is -0.701. The molecule has 0 heterocycles. The third kappa shape index (κ3) is 16.4. The Balaban J connectivity index is 1.21. The van der Waals surface area contributed by atoms with Gasteiger partial charge in [0.05, 0.1) is 33.0 Å². The van der Waals surface area contributed by atoms with Gasteiger partial charge in [-0.1, -0.05) is 137 Å². The summed E-state index contributed by atoms with van der Waals surface area (Å²) in [6.07, 6.45) is 28.9. The van der Waals surface area contributed by atoms with E-state index < -0.39 is 12.1 Å². The van der Waals surface area contributed by atoms with E-state index in [0.29, 0.717) is 48.3 Å². The lowest BCUT2D eigenvalue weighted by Crippen LogP contribution is -2.53. The van der Waals surface area contributed by atoms with Gasteiger partial charge < -0.3 is 28.9 Å². The lowest BCUT2D eigenvalue weighted by Gasteiger charge is -2.58. The first-order valence-corrected chi connectivity index (χ1v) is 26.5. The number of hydrogen-bond donors (Lipinski definition) is 2. The quantitative estimate of drug-likeness (QED) is 0.0232. The predicted molar refractivity (Wildman–Crippen MR) is 254 cm³/mol. The van der Waals surface area contributed by atoms with Gasteiger partial charge in [0.2, 0.25) is 0 Å². The Kier molecular flexibility index (Phi) is 23.0. The maximum Gasteiger partial charge on any atom is 0.306 e. The molecule has 0 saturated heterocycles. The highest BCUT2D eigenvalue weighted by molar-refractivity contribution is 5.77. The number of quaternary nitrogens is 1. The summed E-state index contributed by atoms with van der Waals surface area (Å²) >= 11 is 0. The Morgan fingerprint density at radius 2 is 1.43 bits per heavy atom. The summed E-state index contributed by atoms with van der Waals surface area (Å²) in [5, 5.41) is 19.3. The van der Waals surface area contributed by atoms with Crippen LogP contribution >= 0.6 is 0 Å². The number of esters is 3. The van der Waals surface area contributed by atoms with E-state index in [9.17, 15) is 24.6 Å². The molecule has 3 saturated carbocycles. The fourth-order valence-electron chi connectivity index (χ4n) is 13.2. The van der Waals surface area contributed by atoms with Gasteiger partial charge in [-0.25, -0.2) is 0 Å². The van der Waals surface area contributed by atoms with E-state index in [4.69, 9.17) is 14.2 Å². The van der Waals surface area contributed by atoms with Crippen LogP contribution in [-0.2, 0) is 28.6 Å². The lowest BCUT2D eigenvalue weighted by atomic mass is 9.47. The van der Waals surface area contributed by atoms with E-state index in [-0.39, 0.29) is 56.1 Å². The molecule has 63 heavy (non-hydrogen) atoms. The third-order valence-corrected chi connectivity index (χ3v) is 16.9. The Morgan fingerprint density at radius 3 is 2.10 bits per heavy atom. The molecule has 0 bridgehead atoms. The van der Waals surface area contributed by atoms with Crippen molar-refractivity contribution in [3.63, 3.8) is 0 Å². The second kappa shape index (κ2) is 27.0. The molecule has 0 aliphatic heterocycles. The monoisotopic (exact) mass is 887 g/mol. The molecule has 3 fully saturated rings. The SMILES string of the molecule is CCCCCCCCCCCCCC(=O)O[C@H](COC(=O)CCC(=O)O[C@H]1CC[C@@]2(C)C(=CC[C@H]3[C@@H]4CC[C@H]([C@H](C)CCCC(C)C)[C@@]4(C)CC[C@@H]32)C1)C[N+](C)(CCO)CCCO. The summed E-state index contributed by atoms with van der Waals surface area (Å²) in [6.45, 7) is 15.8. The number of allylic oxidation sites excluding steroid dienone is 1. The number of carbonyl (C=O) groups excluding carboxylic acids is 3. The minimum Gasteiger partial charge on any atom is -0.462 e. The van der Waals surface area contributed by atoms with Crippen molar-refractivity contribution in [3.8, 4) is 0 Å². The van der Waals surface area contributed by atoms with Crippen LogP contribution in [0.15, 0.2) is 11.6 Å². The Bertz CT molecular complexity index is 1400. The van der Waals surface area contributed by atoms with Gasteiger partial charge in [-0.3, -0.25) is 14.4 Å². The van der Waals surface area contributed by atoms with Crippen LogP contribution in [0.1, 0.15) is 208 Å². The molecule has 0 amide bonds. The topological polar surface area (TPSA) is 119 Å². The number of fused-ring (bicyclic) bond motifs is 5. The highest BCUT2D eigenvalue weighted by Crippen LogP contribution is 2.67. The fraction of sp³-hybridized carbons (Fsp3) is 0.907. The summed E-state index contributed by atoms with van der Waals surface area (Å²) in [4.78, 5) is 39.2. The number of aliphatic hydroxyl groups excluding tert-OH is 2. The molecule has 364 valence electrons. The maximum absolute atomic E-state index is 13.2. The molecule has 9 heteroatoms. The summed E-state index contributed by atoms with van der Waals surface area (Å²) in [5.74, 6) is 3.53. The second-order valence-corrected chi connectivity index (χ2v) is 22.3. The highest BCUT2D eigenvalue weighted by atomic mass is 16.6. The van der Waals surface area contributed by atoms with Gasteiger partial charge in [-0.15, -0.1) is 0 Å². The van der Waals surface area contributed by atoms with Crippen molar-refractivity contribution in [3.05, 3.63) is 11.6 Å². The average Bonchev–Trinajstić information content (AvgIpc) is 3.60. The number of carbonyl (C=O) groups is 3. The lowest BCUT2D eigenvalue weighted by molar-refractivity contribution is -0.912. The molecule has 4 rings (SSSR count). The molecule has 4 aliphatic rings. The van der Waals surface area contributed by atoms with Crippen LogP contribution in [0.3, 0.4) is 0 Å². The van der Waals surface area contributed by atoms with Crippen LogP contribution in [0.2, 0.25) is 0 Å². The van der Waals surface area contributed by atoms with Gasteiger partial charge in [0.25, 0.3) is 0 Å². The Morgan fingerprint density at radius 1 is 0.746 bits per heavy atom. The summed E-state index contributed by atoms with van der Waals surface area (Å²) in [6, 6.07) is 0. The van der Waals surface area contributed by atoms with Crippen LogP contribution in [-0.4, -0.2) is 91.3 Å². The van der Waals surface area contributed by atoms with Crippen LogP contribution in [0.4, 0.5) is 0 Å². The van der Waals surface area contributed by atoms with Gasteiger partial charge in [0.15, 0.2) is 6.10 Å². The molecule has 0 spiro atoms. The number of unbranched alkanes of at least 4 members (excludes halogenated alkanes) is 10. The van der Waals surface area contributed by atoms with Crippen LogP contribution < -0.4 is 0 Å².